The molecule has 0 N–H and O–H groups in total. The molecule has 0 aliphatic rings. The van der Waals surface area contributed by atoms with Gasteiger partial charge in [0.25, 0.3) is 0 Å². The zero-order valence-electron chi connectivity index (χ0n) is 11.2. The van der Waals surface area contributed by atoms with E-state index in [4.69, 9.17) is 11.6 Å². The normalized spacial score (nSPS) is 12.1. The monoisotopic (exact) mass is 279 g/mol. The van der Waals surface area contributed by atoms with E-state index in [0.29, 0.717) is 0 Å². The maximum Gasteiger partial charge on any atom is 0.0967 e. The molecule has 1 heterocycles. The highest BCUT2D eigenvalue weighted by Crippen LogP contribution is 2.30. The maximum absolute atomic E-state index is 6.05. The van der Waals surface area contributed by atoms with Crippen LogP contribution in [0.4, 0.5) is 0 Å². The molecule has 18 heavy (non-hydrogen) atoms. The molecule has 0 bridgehead atoms. The zero-order chi connectivity index (χ0) is 13.3. The maximum atomic E-state index is 6.05. The van der Waals surface area contributed by atoms with Crippen LogP contribution in [-0.4, -0.2) is 11.2 Å². The largest absolute Gasteiger partial charge is 0.241 e. The number of fused-ring (bicyclic) bond motifs is 1. The molecule has 0 spiro atoms. The van der Waals surface area contributed by atoms with Crippen molar-refractivity contribution >= 4 is 34.3 Å². The minimum Gasteiger partial charge on any atom is -0.241 e. The topological polar surface area (TPSA) is 12.9 Å². The van der Waals surface area contributed by atoms with Crippen molar-refractivity contribution in [2.24, 2.45) is 5.41 Å². The average Bonchev–Trinajstić information content (AvgIpc) is 2.25. The van der Waals surface area contributed by atoms with Crippen LogP contribution in [0.2, 0.25) is 5.02 Å². The van der Waals surface area contributed by atoms with Gasteiger partial charge in [-0.3, -0.25) is 0 Å². The van der Waals surface area contributed by atoms with Gasteiger partial charge in [0.05, 0.1) is 10.5 Å². The van der Waals surface area contributed by atoms with Crippen molar-refractivity contribution in [3.8, 4) is 0 Å². The molecule has 0 aliphatic heterocycles. The van der Waals surface area contributed by atoms with Crippen molar-refractivity contribution in [2.75, 3.05) is 6.26 Å². The average molecular weight is 280 g/mol. The first-order chi connectivity index (χ1) is 8.39. The number of hydrogen-bond donors (Lipinski definition) is 0. The van der Waals surface area contributed by atoms with Crippen LogP contribution in [0.15, 0.2) is 29.3 Å². The molecule has 96 valence electrons. The van der Waals surface area contributed by atoms with Crippen LogP contribution in [0.25, 0.3) is 10.9 Å². The molecule has 1 aromatic carbocycles. The number of aromatic nitrogens is 1. The van der Waals surface area contributed by atoms with Gasteiger partial charge in [0.2, 0.25) is 0 Å². The number of rotatable bonds is 2. The third-order valence-electron chi connectivity index (χ3n) is 2.76. The van der Waals surface area contributed by atoms with E-state index in [1.54, 1.807) is 11.8 Å². The van der Waals surface area contributed by atoms with E-state index >= 15 is 0 Å². The highest BCUT2D eigenvalue weighted by Gasteiger charge is 2.15. The van der Waals surface area contributed by atoms with Gasteiger partial charge in [0.1, 0.15) is 0 Å². The lowest BCUT2D eigenvalue weighted by Crippen LogP contribution is -2.10. The molecule has 3 heteroatoms. The third kappa shape index (κ3) is 3.18. The molecule has 2 aromatic rings. The van der Waals surface area contributed by atoms with Gasteiger partial charge in [0.15, 0.2) is 0 Å². The Morgan fingerprint density at radius 2 is 1.94 bits per heavy atom. The van der Waals surface area contributed by atoms with E-state index in [1.807, 2.05) is 12.1 Å². The highest BCUT2D eigenvalue weighted by molar-refractivity contribution is 7.98. The number of thioether (sulfide) groups is 1. The predicted molar refractivity (Wildman–Crippen MR) is 81.7 cm³/mol. The van der Waals surface area contributed by atoms with Crippen LogP contribution < -0.4 is 0 Å². The van der Waals surface area contributed by atoms with Gasteiger partial charge in [0, 0.05) is 10.4 Å². The summed E-state index contributed by atoms with van der Waals surface area (Å²) in [5.74, 6) is 0. The minimum absolute atomic E-state index is 0.267. The summed E-state index contributed by atoms with van der Waals surface area (Å²) in [6, 6.07) is 8.17. The Balaban J connectivity index is 2.62. The lowest BCUT2D eigenvalue weighted by atomic mass is 9.87. The molecule has 0 fully saturated rings. The lowest BCUT2D eigenvalue weighted by Gasteiger charge is -2.20. The second-order valence-corrected chi connectivity index (χ2v) is 6.99. The predicted octanol–water partition coefficient (Wildman–Crippen LogP) is 5.20. The molecule has 0 unspecified atom stereocenters. The first-order valence-electron chi connectivity index (χ1n) is 6.02. The Bertz CT molecular complexity index is 572. The van der Waals surface area contributed by atoms with Crippen molar-refractivity contribution in [1.82, 2.24) is 4.98 Å². The quantitative estimate of drug-likeness (QED) is 0.701. The molecule has 0 saturated heterocycles. The highest BCUT2D eigenvalue weighted by atomic mass is 35.5. The van der Waals surface area contributed by atoms with Crippen LogP contribution in [0.5, 0.6) is 0 Å². The van der Waals surface area contributed by atoms with E-state index in [0.717, 1.165) is 22.0 Å². The van der Waals surface area contributed by atoms with E-state index in [-0.39, 0.29) is 5.41 Å². The van der Waals surface area contributed by atoms with Crippen LogP contribution in [0.1, 0.15) is 26.3 Å². The molecule has 0 saturated carbocycles. The molecule has 0 atom stereocenters. The summed E-state index contributed by atoms with van der Waals surface area (Å²) in [5, 5.41) is 3.02. The molecule has 1 aromatic heterocycles. The van der Waals surface area contributed by atoms with Crippen molar-refractivity contribution in [3.63, 3.8) is 0 Å². The van der Waals surface area contributed by atoms with Gasteiger partial charge < -0.3 is 0 Å². The number of hydrogen-bond acceptors (Lipinski definition) is 2. The first-order valence-corrected chi connectivity index (χ1v) is 7.62. The van der Waals surface area contributed by atoms with Crippen LogP contribution in [-0.2, 0) is 6.42 Å². The van der Waals surface area contributed by atoms with Crippen molar-refractivity contribution in [2.45, 2.75) is 32.2 Å². The van der Waals surface area contributed by atoms with Crippen molar-refractivity contribution in [1.29, 1.82) is 0 Å². The Kier molecular flexibility index (Phi) is 3.88. The third-order valence-corrected chi connectivity index (χ3v) is 3.63. The fourth-order valence-corrected chi connectivity index (χ4v) is 2.68. The zero-order valence-corrected chi connectivity index (χ0v) is 12.8. The van der Waals surface area contributed by atoms with Gasteiger partial charge in [-0.15, -0.1) is 11.8 Å². The van der Waals surface area contributed by atoms with Gasteiger partial charge in [-0.1, -0.05) is 38.4 Å². The summed E-state index contributed by atoms with van der Waals surface area (Å²) in [6.45, 7) is 6.77. The summed E-state index contributed by atoms with van der Waals surface area (Å²) < 4.78 is 0. The molecular formula is C15H18ClNS. The van der Waals surface area contributed by atoms with E-state index in [9.17, 15) is 0 Å². The smallest absolute Gasteiger partial charge is 0.0967 e. The van der Waals surface area contributed by atoms with Crippen molar-refractivity contribution < 1.29 is 0 Å². The summed E-state index contributed by atoms with van der Waals surface area (Å²) in [5.41, 5.74) is 2.62. The Morgan fingerprint density at radius 3 is 2.56 bits per heavy atom. The van der Waals surface area contributed by atoms with Crippen LogP contribution >= 0.6 is 23.4 Å². The molecule has 1 nitrogen and oxygen atoms in total. The second-order valence-electron chi connectivity index (χ2n) is 5.72. The van der Waals surface area contributed by atoms with Crippen LogP contribution in [0.3, 0.4) is 0 Å². The van der Waals surface area contributed by atoms with Gasteiger partial charge in [-0.2, -0.15) is 0 Å². The Labute approximate surface area is 118 Å². The second kappa shape index (κ2) is 5.10. The number of nitrogens with zero attached hydrogens (tertiary/aromatic N) is 1. The van der Waals surface area contributed by atoms with E-state index < -0.39 is 0 Å². The summed E-state index contributed by atoms with van der Waals surface area (Å²) in [4.78, 5) is 4.62. The fraction of sp³-hybridized carbons (Fsp3) is 0.400. The van der Waals surface area contributed by atoms with Crippen molar-refractivity contribution in [3.05, 3.63) is 34.9 Å². The fourth-order valence-electron chi connectivity index (χ4n) is 2.07. The summed E-state index contributed by atoms with van der Waals surface area (Å²) >= 11 is 7.73. The molecule has 0 amide bonds. The van der Waals surface area contributed by atoms with E-state index in [1.165, 1.54) is 10.9 Å². The van der Waals surface area contributed by atoms with Gasteiger partial charge in [-0.05, 0) is 41.9 Å². The molecule has 2 rings (SSSR count). The van der Waals surface area contributed by atoms with Gasteiger partial charge >= 0.3 is 0 Å². The first kappa shape index (κ1) is 13.7. The number of halogens is 1. The standard InChI is InChI=1S/C15H18ClNS/c1-15(2,3)9-10-7-14(18-4)17-13-8-11(16)5-6-12(10)13/h5-8H,9H2,1-4H3. The Morgan fingerprint density at radius 1 is 1.22 bits per heavy atom. The lowest BCUT2D eigenvalue weighted by molar-refractivity contribution is 0.412. The van der Waals surface area contributed by atoms with Crippen LogP contribution in [0, 0.1) is 5.41 Å². The SMILES string of the molecule is CSc1cc(CC(C)(C)C)c2ccc(Cl)cc2n1. The molecule has 0 aliphatic carbocycles. The summed E-state index contributed by atoms with van der Waals surface area (Å²) in [6.07, 6.45) is 3.10. The number of benzene rings is 1. The molecule has 0 radical (unpaired) electrons. The summed E-state index contributed by atoms with van der Waals surface area (Å²) in [7, 11) is 0. The van der Waals surface area contributed by atoms with E-state index in [2.05, 4.69) is 44.1 Å². The molecular weight excluding hydrogens is 262 g/mol. The Hall–Kier alpha value is -0.730. The van der Waals surface area contributed by atoms with Gasteiger partial charge in [-0.25, -0.2) is 4.98 Å². The number of pyridine rings is 1. The minimum atomic E-state index is 0.267.